The predicted octanol–water partition coefficient (Wildman–Crippen LogP) is 0.0566. The molecule has 0 aromatic carbocycles. The summed E-state index contributed by atoms with van der Waals surface area (Å²) in [6, 6.07) is -0.246. The summed E-state index contributed by atoms with van der Waals surface area (Å²) in [6.07, 6.45) is 7.28. The van der Waals surface area contributed by atoms with Crippen LogP contribution in [0.15, 0.2) is 0 Å². The van der Waals surface area contributed by atoms with Crippen molar-refractivity contribution < 1.29 is 24.0 Å². The largest absolute Gasteiger partial charge is 0.469 e. The van der Waals surface area contributed by atoms with E-state index in [0.29, 0.717) is 6.67 Å². The topological polar surface area (TPSA) is 80.2 Å². The van der Waals surface area contributed by atoms with Gasteiger partial charge in [-0.3, -0.25) is 9.59 Å². The smallest absolute Gasteiger partial charge is 0.329 e. The van der Waals surface area contributed by atoms with E-state index in [1.807, 2.05) is 0 Å². The van der Waals surface area contributed by atoms with E-state index in [1.165, 1.54) is 16.9 Å². The zero-order chi connectivity index (χ0) is 17.2. The van der Waals surface area contributed by atoms with Crippen LogP contribution in [-0.4, -0.2) is 55.2 Å². The van der Waals surface area contributed by atoms with Crippen molar-refractivity contribution in [2.75, 3.05) is 26.9 Å². The van der Waals surface area contributed by atoms with Gasteiger partial charge in [0.05, 0.1) is 26.1 Å². The monoisotopic (exact) mass is 338 g/mol. The number of amides is 3. The minimum absolute atomic E-state index is 0.0445. The molecule has 0 radical (unpaired) electrons. The van der Waals surface area contributed by atoms with E-state index < -0.39 is 5.54 Å². The third kappa shape index (κ3) is 3.27. The molecule has 3 amide bonds. The molecular formula is C17H28N3O4+. The molecule has 3 rings (SSSR count). The number of imide groups is 1. The number of urea groups is 1. The molecule has 0 atom stereocenters. The minimum atomic E-state index is -0.655. The van der Waals surface area contributed by atoms with E-state index in [2.05, 4.69) is 5.32 Å². The maximum atomic E-state index is 12.9. The first kappa shape index (κ1) is 17.2. The summed E-state index contributed by atoms with van der Waals surface area (Å²) in [5.74, 6) is -0.242. The van der Waals surface area contributed by atoms with Gasteiger partial charge in [0.2, 0.25) is 0 Å². The second-order valence-corrected chi connectivity index (χ2v) is 7.37. The fourth-order valence-corrected chi connectivity index (χ4v) is 4.30. The van der Waals surface area contributed by atoms with Gasteiger partial charge in [-0.1, -0.05) is 25.7 Å². The summed E-state index contributed by atoms with van der Waals surface area (Å²) in [5.41, 5.74) is -0.655. The SMILES string of the molecule is COC(=O)C1CC[NH+](CN2C(=O)NC3(CCCCCC3)C2=O)CC1. The summed E-state index contributed by atoms with van der Waals surface area (Å²) in [6.45, 7) is 1.97. The van der Waals surface area contributed by atoms with Gasteiger partial charge in [0, 0.05) is 12.8 Å². The van der Waals surface area contributed by atoms with Gasteiger partial charge in [-0.15, -0.1) is 0 Å². The van der Waals surface area contributed by atoms with Gasteiger partial charge in [-0.2, -0.15) is 0 Å². The standard InChI is InChI=1S/C17H27N3O4/c1-24-14(21)13-6-10-19(11-7-13)12-20-15(22)17(18-16(20)23)8-4-2-3-5-9-17/h13H,2-12H2,1H3,(H,18,23)/p+1. The predicted molar refractivity (Wildman–Crippen MR) is 86.1 cm³/mol. The Kier molecular flexibility index (Phi) is 5.08. The number of rotatable bonds is 3. The molecule has 7 heteroatoms. The quantitative estimate of drug-likeness (QED) is 0.563. The highest BCUT2D eigenvalue weighted by Gasteiger charge is 2.51. The van der Waals surface area contributed by atoms with Gasteiger partial charge in [-0.05, 0) is 12.8 Å². The van der Waals surface area contributed by atoms with Crippen LogP contribution in [0.3, 0.4) is 0 Å². The van der Waals surface area contributed by atoms with Crippen LogP contribution >= 0.6 is 0 Å². The second-order valence-electron chi connectivity index (χ2n) is 7.37. The normalized spacial score (nSPS) is 30.1. The average Bonchev–Trinajstić information content (AvgIpc) is 2.77. The fourth-order valence-electron chi connectivity index (χ4n) is 4.30. The van der Waals surface area contributed by atoms with Crippen molar-refractivity contribution >= 4 is 17.9 Å². The van der Waals surface area contributed by atoms with Crippen LogP contribution in [-0.2, 0) is 14.3 Å². The van der Waals surface area contributed by atoms with Crippen LogP contribution < -0.4 is 10.2 Å². The van der Waals surface area contributed by atoms with E-state index >= 15 is 0 Å². The summed E-state index contributed by atoms with van der Waals surface area (Å²) >= 11 is 0. The number of quaternary nitrogens is 1. The Morgan fingerprint density at radius 2 is 1.83 bits per heavy atom. The number of piperidine rings is 1. The molecule has 134 valence electrons. The molecule has 1 aliphatic carbocycles. The Labute approximate surface area is 142 Å². The maximum Gasteiger partial charge on any atom is 0.329 e. The average molecular weight is 338 g/mol. The van der Waals surface area contributed by atoms with Crippen molar-refractivity contribution in [3.05, 3.63) is 0 Å². The molecule has 0 bridgehead atoms. The molecule has 0 aromatic rings. The van der Waals surface area contributed by atoms with Crippen LogP contribution in [0.5, 0.6) is 0 Å². The summed E-state index contributed by atoms with van der Waals surface area (Å²) in [7, 11) is 1.42. The number of hydrogen-bond acceptors (Lipinski definition) is 4. The molecule has 1 spiro atoms. The number of methoxy groups -OCH3 is 1. The first-order valence-corrected chi connectivity index (χ1v) is 9.11. The summed E-state index contributed by atoms with van der Waals surface area (Å²) in [4.78, 5) is 39.4. The van der Waals surface area contributed by atoms with Crippen molar-refractivity contribution in [2.45, 2.75) is 56.9 Å². The van der Waals surface area contributed by atoms with Gasteiger partial charge in [0.1, 0.15) is 5.54 Å². The molecule has 2 heterocycles. The fraction of sp³-hybridized carbons (Fsp3) is 0.824. The molecule has 0 unspecified atom stereocenters. The van der Waals surface area contributed by atoms with Crippen LogP contribution in [0.1, 0.15) is 51.4 Å². The molecule has 0 aromatic heterocycles. The van der Waals surface area contributed by atoms with Gasteiger partial charge in [0.15, 0.2) is 6.67 Å². The number of nitrogens with one attached hydrogen (secondary N) is 2. The van der Waals surface area contributed by atoms with Gasteiger partial charge >= 0.3 is 12.0 Å². The van der Waals surface area contributed by atoms with E-state index in [4.69, 9.17) is 4.74 Å². The number of nitrogens with zero attached hydrogens (tertiary/aromatic N) is 1. The minimum Gasteiger partial charge on any atom is -0.469 e. The molecular weight excluding hydrogens is 310 g/mol. The zero-order valence-electron chi connectivity index (χ0n) is 14.4. The lowest BCUT2D eigenvalue weighted by atomic mass is 9.90. The second kappa shape index (κ2) is 7.09. The Morgan fingerprint density at radius 3 is 2.42 bits per heavy atom. The van der Waals surface area contributed by atoms with E-state index in [9.17, 15) is 14.4 Å². The highest BCUT2D eigenvalue weighted by atomic mass is 16.5. The lowest BCUT2D eigenvalue weighted by molar-refractivity contribution is -0.913. The third-order valence-electron chi connectivity index (χ3n) is 5.81. The molecule has 24 heavy (non-hydrogen) atoms. The van der Waals surface area contributed by atoms with Crippen molar-refractivity contribution in [1.82, 2.24) is 10.2 Å². The number of hydrogen-bond donors (Lipinski definition) is 2. The Hall–Kier alpha value is -1.63. The molecule has 3 fully saturated rings. The van der Waals surface area contributed by atoms with Gasteiger partial charge in [-0.25, -0.2) is 9.69 Å². The Balaban J connectivity index is 1.59. The molecule has 2 saturated heterocycles. The maximum absolute atomic E-state index is 12.9. The van der Waals surface area contributed by atoms with Crippen molar-refractivity contribution in [1.29, 1.82) is 0 Å². The highest BCUT2D eigenvalue weighted by Crippen LogP contribution is 2.32. The summed E-state index contributed by atoms with van der Waals surface area (Å²) < 4.78 is 4.80. The molecule has 2 aliphatic heterocycles. The van der Waals surface area contributed by atoms with Crippen LogP contribution in [0.4, 0.5) is 4.79 Å². The third-order valence-corrected chi connectivity index (χ3v) is 5.81. The summed E-state index contributed by atoms with van der Waals surface area (Å²) in [5, 5.41) is 2.98. The van der Waals surface area contributed by atoms with Crippen LogP contribution in [0, 0.1) is 5.92 Å². The number of ether oxygens (including phenoxy) is 1. The first-order valence-electron chi connectivity index (χ1n) is 9.11. The molecule has 2 N–H and O–H groups in total. The number of carbonyl (C=O) groups is 3. The lowest BCUT2D eigenvalue weighted by Crippen LogP contribution is -3.14. The van der Waals surface area contributed by atoms with Gasteiger partial charge < -0.3 is 15.0 Å². The highest BCUT2D eigenvalue weighted by molar-refractivity contribution is 6.06. The zero-order valence-corrected chi connectivity index (χ0v) is 14.4. The van der Waals surface area contributed by atoms with Crippen molar-refractivity contribution in [3.8, 4) is 0 Å². The Morgan fingerprint density at radius 1 is 1.21 bits per heavy atom. The van der Waals surface area contributed by atoms with Gasteiger partial charge in [0.25, 0.3) is 5.91 Å². The van der Waals surface area contributed by atoms with E-state index in [0.717, 1.165) is 64.5 Å². The Bertz CT molecular complexity index is 506. The number of carbonyl (C=O) groups excluding carboxylic acids is 3. The molecule has 1 saturated carbocycles. The van der Waals surface area contributed by atoms with E-state index in [1.54, 1.807) is 0 Å². The number of esters is 1. The van der Waals surface area contributed by atoms with Crippen molar-refractivity contribution in [3.63, 3.8) is 0 Å². The first-order chi connectivity index (χ1) is 11.6. The van der Waals surface area contributed by atoms with Crippen LogP contribution in [0.2, 0.25) is 0 Å². The van der Waals surface area contributed by atoms with Crippen molar-refractivity contribution in [2.24, 2.45) is 5.92 Å². The number of likely N-dealkylation sites (tertiary alicyclic amines) is 1. The van der Waals surface area contributed by atoms with Crippen LogP contribution in [0.25, 0.3) is 0 Å². The molecule has 3 aliphatic rings. The lowest BCUT2D eigenvalue weighted by Gasteiger charge is -2.30. The molecule has 7 nitrogen and oxygen atoms in total. The van der Waals surface area contributed by atoms with E-state index in [-0.39, 0.29) is 23.8 Å².